The van der Waals surface area contributed by atoms with Gasteiger partial charge >= 0.3 is 0 Å². The van der Waals surface area contributed by atoms with Gasteiger partial charge < -0.3 is 15.3 Å². The van der Waals surface area contributed by atoms with Gasteiger partial charge in [0.05, 0.1) is 12.1 Å². The first-order valence-electron chi connectivity index (χ1n) is 7.46. The zero-order valence-electron chi connectivity index (χ0n) is 12.8. The van der Waals surface area contributed by atoms with Gasteiger partial charge in [-0.2, -0.15) is 0 Å². The number of aliphatic hydroxyl groups excluding tert-OH is 1. The average Bonchev–Trinajstić information content (AvgIpc) is 2.49. The first-order valence-corrected chi connectivity index (χ1v) is 7.84. The molecule has 1 rings (SSSR count). The van der Waals surface area contributed by atoms with E-state index in [-0.39, 0.29) is 12.1 Å². The smallest absolute Gasteiger partial charge is 0.0666 e. The SMILES string of the molecule is CCN(CC)CCNC(CC)(CO)c1ccc(Cl)cc1. The molecule has 0 aromatic heterocycles. The average molecular weight is 299 g/mol. The maximum absolute atomic E-state index is 9.87. The maximum atomic E-state index is 9.87. The summed E-state index contributed by atoms with van der Waals surface area (Å²) in [7, 11) is 0. The van der Waals surface area contributed by atoms with E-state index in [0.29, 0.717) is 0 Å². The molecule has 0 bridgehead atoms. The summed E-state index contributed by atoms with van der Waals surface area (Å²) in [4.78, 5) is 2.37. The topological polar surface area (TPSA) is 35.5 Å². The Kier molecular flexibility index (Phi) is 7.52. The fraction of sp³-hybridized carbons (Fsp3) is 0.625. The van der Waals surface area contributed by atoms with Crippen LogP contribution in [0.15, 0.2) is 24.3 Å². The Balaban J connectivity index is 2.74. The van der Waals surface area contributed by atoms with E-state index < -0.39 is 0 Å². The van der Waals surface area contributed by atoms with Gasteiger partial charge in [0.25, 0.3) is 0 Å². The van der Waals surface area contributed by atoms with Gasteiger partial charge in [-0.1, -0.05) is 44.5 Å². The Bertz CT molecular complexity index is 373. The van der Waals surface area contributed by atoms with E-state index in [4.69, 9.17) is 11.6 Å². The second kappa shape index (κ2) is 8.63. The molecule has 0 spiro atoms. The molecule has 114 valence electrons. The maximum Gasteiger partial charge on any atom is 0.0666 e. The predicted octanol–water partition coefficient (Wildman–Crippen LogP) is 2.87. The van der Waals surface area contributed by atoms with Gasteiger partial charge in [-0.3, -0.25) is 0 Å². The quantitative estimate of drug-likeness (QED) is 0.736. The van der Waals surface area contributed by atoms with E-state index in [0.717, 1.165) is 43.2 Å². The highest BCUT2D eigenvalue weighted by molar-refractivity contribution is 6.30. The molecular weight excluding hydrogens is 272 g/mol. The fourth-order valence-electron chi connectivity index (χ4n) is 2.45. The summed E-state index contributed by atoms with van der Waals surface area (Å²) in [6.45, 7) is 10.5. The number of rotatable bonds is 9. The highest BCUT2D eigenvalue weighted by Crippen LogP contribution is 2.25. The van der Waals surface area contributed by atoms with Crippen LogP contribution in [0.1, 0.15) is 32.8 Å². The van der Waals surface area contributed by atoms with E-state index in [9.17, 15) is 5.11 Å². The molecule has 3 nitrogen and oxygen atoms in total. The summed E-state index contributed by atoms with van der Waals surface area (Å²) in [5, 5.41) is 14.1. The van der Waals surface area contributed by atoms with Crippen molar-refractivity contribution in [1.29, 1.82) is 0 Å². The molecule has 0 heterocycles. The van der Waals surface area contributed by atoms with Crippen molar-refractivity contribution >= 4 is 11.6 Å². The van der Waals surface area contributed by atoms with Gasteiger partial charge in [-0.15, -0.1) is 0 Å². The second-order valence-corrected chi connectivity index (χ2v) is 5.49. The molecule has 0 fully saturated rings. The molecule has 0 radical (unpaired) electrons. The van der Waals surface area contributed by atoms with Gasteiger partial charge in [0.2, 0.25) is 0 Å². The summed E-state index contributed by atoms with van der Waals surface area (Å²) in [5.41, 5.74) is 0.712. The van der Waals surface area contributed by atoms with Crippen LogP contribution in [0.5, 0.6) is 0 Å². The number of halogens is 1. The van der Waals surface area contributed by atoms with Crippen molar-refractivity contribution in [1.82, 2.24) is 10.2 Å². The normalized spacial score (nSPS) is 14.5. The van der Waals surface area contributed by atoms with E-state index in [1.807, 2.05) is 24.3 Å². The summed E-state index contributed by atoms with van der Waals surface area (Å²) in [5.74, 6) is 0. The number of hydrogen-bond donors (Lipinski definition) is 2. The van der Waals surface area contributed by atoms with Crippen LogP contribution in [0.25, 0.3) is 0 Å². The summed E-state index contributed by atoms with van der Waals surface area (Å²) in [6.07, 6.45) is 0.837. The standard InChI is InChI=1S/C16H27ClN2O/c1-4-16(13-20,14-7-9-15(17)10-8-14)18-11-12-19(5-2)6-3/h7-10,18,20H,4-6,11-13H2,1-3H3. The van der Waals surface area contributed by atoms with Gasteiger partial charge in [0.15, 0.2) is 0 Å². The molecule has 0 aliphatic carbocycles. The van der Waals surface area contributed by atoms with E-state index in [2.05, 4.69) is 31.0 Å². The van der Waals surface area contributed by atoms with Crippen molar-refractivity contribution in [3.05, 3.63) is 34.9 Å². The van der Waals surface area contributed by atoms with Crippen LogP contribution in [0.4, 0.5) is 0 Å². The minimum absolute atomic E-state index is 0.0867. The van der Waals surface area contributed by atoms with Crippen LogP contribution in [-0.4, -0.2) is 42.8 Å². The molecule has 0 amide bonds. The van der Waals surface area contributed by atoms with E-state index in [1.165, 1.54) is 0 Å². The number of nitrogens with zero attached hydrogens (tertiary/aromatic N) is 1. The van der Waals surface area contributed by atoms with Crippen molar-refractivity contribution in [2.24, 2.45) is 0 Å². The Labute approximate surface area is 127 Å². The number of nitrogens with one attached hydrogen (secondary N) is 1. The monoisotopic (exact) mass is 298 g/mol. The lowest BCUT2D eigenvalue weighted by Crippen LogP contribution is -2.48. The number of benzene rings is 1. The minimum atomic E-state index is -0.377. The molecule has 0 saturated carbocycles. The highest BCUT2D eigenvalue weighted by Gasteiger charge is 2.28. The van der Waals surface area contributed by atoms with E-state index >= 15 is 0 Å². The molecule has 20 heavy (non-hydrogen) atoms. The molecule has 2 N–H and O–H groups in total. The van der Waals surface area contributed by atoms with Crippen LogP contribution in [0.2, 0.25) is 5.02 Å². The molecular formula is C16H27ClN2O. The fourth-order valence-corrected chi connectivity index (χ4v) is 2.58. The number of hydrogen-bond acceptors (Lipinski definition) is 3. The Morgan fingerprint density at radius 2 is 1.75 bits per heavy atom. The zero-order valence-corrected chi connectivity index (χ0v) is 13.6. The molecule has 1 atom stereocenters. The molecule has 1 aromatic carbocycles. The minimum Gasteiger partial charge on any atom is -0.394 e. The largest absolute Gasteiger partial charge is 0.394 e. The first kappa shape index (κ1) is 17.4. The lowest BCUT2D eigenvalue weighted by Gasteiger charge is -2.34. The van der Waals surface area contributed by atoms with Crippen molar-refractivity contribution in [2.45, 2.75) is 32.7 Å². The van der Waals surface area contributed by atoms with Crippen molar-refractivity contribution in [3.63, 3.8) is 0 Å². The number of aliphatic hydroxyl groups is 1. The predicted molar refractivity (Wildman–Crippen MR) is 86.3 cm³/mol. The van der Waals surface area contributed by atoms with Crippen LogP contribution < -0.4 is 5.32 Å². The number of likely N-dealkylation sites (N-methyl/N-ethyl adjacent to an activating group) is 1. The lowest BCUT2D eigenvalue weighted by molar-refractivity contribution is 0.150. The van der Waals surface area contributed by atoms with Crippen molar-refractivity contribution in [3.8, 4) is 0 Å². The Hall–Kier alpha value is -0.610. The highest BCUT2D eigenvalue weighted by atomic mass is 35.5. The Morgan fingerprint density at radius 3 is 2.20 bits per heavy atom. The van der Waals surface area contributed by atoms with Gasteiger partial charge in [-0.25, -0.2) is 0 Å². The van der Waals surface area contributed by atoms with Crippen LogP contribution in [0.3, 0.4) is 0 Å². The van der Waals surface area contributed by atoms with Crippen LogP contribution in [-0.2, 0) is 5.54 Å². The second-order valence-electron chi connectivity index (χ2n) is 5.05. The van der Waals surface area contributed by atoms with Crippen molar-refractivity contribution in [2.75, 3.05) is 32.8 Å². The van der Waals surface area contributed by atoms with Gasteiger partial charge in [0.1, 0.15) is 0 Å². The first-order chi connectivity index (χ1) is 9.61. The third-order valence-electron chi connectivity index (χ3n) is 4.06. The molecule has 1 aromatic rings. The van der Waals surface area contributed by atoms with Crippen LogP contribution in [0, 0.1) is 0 Å². The Morgan fingerprint density at radius 1 is 1.15 bits per heavy atom. The zero-order chi connectivity index (χ0) is 15.0. The summed E-state index contributed by atoms with van der Waals surface area (Å²) in [6, 6.07) is 7.74. The molecule has 0 aliphatic heterocycles. The van der Waals surface area contributed by atoms with Crippen molar-refractivity contribution < 1.29 is 5.11 Å². The van der Waals surface area contributed by atoms with Gasteiger partial charge in [-0.05, 0) is 37.2 Å². The third kappa shape index (κ3) is 4.45. The summed E-state index contributed by atoms with van der Waals surface area (Å²) >= 11 is 5.94. The molecule has 0 aliphatic rings. The van der Waals surface area contributed by atoms with Crippen LogP contribution >= 0.6 is 11.6 Å². The lowest BCUT2D eigenvalue weighted by atomic mass is 9.88. The van der Waals surface area contributed by atoms with Gasteiger partial charge in [0, 0.05) is 18.1 Å². The molecule has 1 unspecified atom stereocenters. The third-order valence-corrected chi connectivity index (χ3v) is 4.31. The van der Waals surface area contributed by atoms with E-state index in [1.54, 1.807) is 0 Å². The summed E-state index contributed by atoms with van der Waals surface area (Å²) < 4.78 is 0. The molecule has 0 saturated heterocycles. The molecule has 4 heteroatoms.